The minimum absolute atomic E-state index is 0.1000. The molecule has 0 saturated carbocycles. The van der Waals surface area contributed by atoms with Crippen LogP contribution in [0.3, 0.4) is 0 Å². The van der Waals surface area contributed by atoms with Gasteiger partial charge in [0.15, 0.2) is 5.75 Å². The van der Waals surface area contributed by atoms with Crippen LogP contribution in [0.4, 0.5) is 5.69 Å². The molecule has 1 N–H and O–H groups in total. The lowest BCUT2D eigenvalue weighted by Crippen LogP contribution is -1.99. The summed E-state index contributed by atoms with van der Waals surface area (Å²) in [5, 5.41) is 20.5. The molecule has 0 bridgehead atoms. The summed E-state index contributed by atoms with van der Waals surface area (Å²) >= 11 is 3.14. The Kier molecular flexibility index (Phi) is 4.31. The van der Waals surface area contributed by atoms with Gasteiger partial charge < -0.3 is 9.84 Å². The van der Waals surface area contributed by atoms with Crippen LogP contribution in [0.25, 0.3) is 0 Å². The van der Waals surface area contributed by atoms with Crippen LogP contribution in [0.5, 0.6) is 11.6 Å². The first-order valence-electron chi connectivity index (χ1n) is 5.74. The first-order valence-corrected chi connectivity index (χ1v) is 6.53. The van der Waals surface area contributed by atoms with E-state index in [0.717, 1.165) is 0 Å². The molecule has 0 aliphatic rings. The molecule has 0 radical (unpaired) electrons. The van der Waals surface area contributed by atoms with Gasteiger partial charge in [-0.25, -0.2) is 4.98 Å². The fourth-order valence-electron chi connectivity index (χ4n) is 1.63. The number of hydrogen-bond donors (Lipinski definition) is 1. The van der Waals surface area contributed by atoms with Gasteiger partial charge in [0.05, 0.1) is 11.0 Å². The lowest BCUT2D eigenvalue weighted by Gasteiger charge is -2.12. The summed E-state index contributed by atoms with van der Waals surface area (Å²) in [5.74, 6) is 0.475. The van der Waals surface area contributed by atoms with Crippen LogP contribution in [0.1, 0.15) is 18.6 Å². The number of nitro groups is 1. The molecule has 2 rings (SSSR count). The largest absolute Gasteiger partial charge is 0.437 e. The van der Waals surface area contributed by atoms with Gasteiger partial charge in [-0.15, -0.1) is 0 Å². The first kappa shape index (κ1) is 14.4. The summed E-state index contributed by atoms with van der Waals surface area (Å²) in [6.45, 7) is 1.59. The van der Waals surface area contributed by atoms with Crippen molar-refractivity contribution < 1.29 is 14.8 Å². The first-order chi connectivity index (χ1) is 9.50. The van der Waals surface area contributed by atoms with Crippen LogP contribution in [0.2, 0.25) is 0 Å². The van der Waals surface area contributed by atoms with E-state index in [9.17, 15) is 15.2 Å². The quantitative estimate of drug-likeness (QED) is 0.679. The average molecular weight is 339 g/mol. The third kappa shape index (κ3) is 2.94. The van der Waals surface area contributed by atoms with Gasteiger partial charge in [-0.2, -0.15) is 0 Å². The predicted octanol–water partition coefficient (Wildman–Crippen LogP) is 3.60. The second-order valence-corrected chi connectivity index (χ2v) is 4.82. The molecule has 0 fully saturated rings. The Balaban J connectivity index is 2.41. The molecule has 20 heavy (non-hydrogen) atoms. The maximum atomic E-state index is 10.9. The molecule has 0 unspecified atom stereocenters. The van der Waals surface area contributed by atoms with Crippen LogP contribution in [-0.2, 0) is 0 Å². The highest BCUT2D eigenvalue weighted by atomic mass is 79.9. The third-order valence-corrected chi connectivity index (χ3v) is 3.39. The number of nitro benzene ring substituents is 1. The molecule has 0 aliphatic carbocycles. The summed E-state index contributed by atoms with van der Waals surface area (Å²) in [4.78, 5) is 14.4. The summed E-state index contributed by atoms with van der Waals surface area (Å²) in [6.07, 6.45) is 0.767. The molecule has 7 heteroatoms. The van der Waals surface area contributed by atoms with Gasteiger partial charge in [0.25, 0.3) is 5.69 Å². The molecule has 1 heterocycles. The summed E-state index contributed by atoms with van der Waals surface area (Å²) < 4.78 is 5.80. The second kappa shape index (κ2) is 5.98. The van der Waals surface area contributed by atoms with E-state index in [1.165, 1.54) is 18.3 Å². The van der Waals surface area contributed by atoms with Crippen molar-refractivity contribution in [2.75, 3.05) is 0 Å². The zero-order valence-corrected chi connectivity index (χ0v) is 12.1. The Morgan fingerprint density at radius 1 is 1.40 bits per heavy atom. The number of rotatable bonds is 4. The highest BCUT2D eigenvalue weighted by Crippen LogP contribution is 2.37. The fraction of sp³-hybridized carbons (Fsp3) is 0.154. The van der Waals surface area contributed by atoms with Crippen LogP contribution in [0, 0.1) is 10.1 Å². The highest BCUT2D eigenvalue weighted by Gasteiger charge is 2.18. The van der Waals surface area contributed by atoms with Crippen molar-refractivity contribution in [3.63, 3.8) is 0 Å². The van der Waals surface area contributed by atoms with E-state index in [2.05, 4.69) is 20.9 Å². The molecule has 104 valence electrons. The average Bonchev–Trinajstić information content (AvgIpc) is 2.41. The van der Waals surface area contributed by atoms with E-state index in [1.807, 2.05) is 0 Å². The maximum Gasteiger partial charge on any atom is 0.287 e. The van der Waals surface area contributed by atoms with Gasteiger partial charge in [-0.3, -0.25) is 10.1 Å². The van der Waals surface area contributed by atoms with E-state index >= 15 is 0 Å². The highest BCUT2D eigenvalue weighted by molar-refractivity contribution is 9.10. The van der Waals surface area contributed by atoms with Gasteiger partial charge in [0.2, 0.25) is 5.88 Å². The number of ether oxygens (including phenoxy) is 1. The molecule has 0 aliphatic heterocycles. The summed E-state index contributed by atoms with van der Waals surface area (Å²) in [7, 11) is 0. The Morgan fingerprint density at radius 2 is 2.15 bits per heavy atom. The van der Waals surface area contributed by atoms with Gasteiger partial charge >= 0.3 is 0 Å². The molecule has 0 amide bonds. The minimum atomic E-state index is -0.754. The van der Waals surface area contributed by atoms with Crippen molar-refractivity contribution in [3.05, 3.63) is 56.7 Å². The van der Waals surface area contributed by atoms with Crippen molar-refractivity contribution in [1.29, 1.82) is 0 Å². The maximum absolute atomic E-state index is 10.9. The Labute approximate surface area is 123 Å². The number of hydrogen-bond acceptors (Lipinski definition) is 5. The van der Waals surface area contributed by atoms with Crippen molar-refractivity contribution >= 4 is 21.6 Å². The standard InChI is InChI=1S/C13H11BrN2O4/c1-8(17)9-4-3-7-15-13(9)20-11-6-2-5-10(12(11)14)16(18)19/h2-8,17H,1H3/t8-/m0/s1. The van der Waals surface area contributed by atoms with Crippen LogP contribution in [0.15, 0.2) is 41.0 Å². The SMILES string of the molecule is C[C@H](O)c1cccnc1Oc1cccc([N+](=O)[O-])c1Br. The molecule has 1 atom stereocenters. The van der Waals surface area contributed by atoms with Crippen molar-refractivity contribution in [2.45, 2.75) is 13.0 Å². The molecule has 1 aromatic heterocycles. The van der Waals surface area contributed by atoms with Gasteiger partial charge in [0, 0.05) is 17.8 Å². The van der Waals surface area contributed by atoms with E-state index in [0.29, 0.717) is 5.56 Å². The van der Waals surface area contributed by atoms with E-state index < -0.39 is 11.0 Å². The molecule has 1 aromatic carbocycles. The Morgan fingerprint density at radius 3 is 2.80 bits per heavy atom. The topological polar surface area (TPSA) is 85.5 Å². The summed E-state index contributed by atoms with van der Waals surface area (Å²) in [5.41, 5.74) is 0.405. The molecular weight excluding hydrogens is 328 g/mol. The molecule has 0 spiro atoms. The van der Waals surface area contributed by atoms with Crippen LogP contribution >= 0.6 is 15.9 Å². The number of aliphatic hydroxyl groups excluding tert-OH is 1. The lowest BCUT2D eigenvalue weighted by molar-refractivity contribution is -0.385. The number of aliphatic hydroxyl groups is 1. The predicted molar refractivity (Wildman–Crippen MR) is 75.7 cm³/mol. The van der Waals surface area contributed by atoms with Crippen LogP contribution in [-0.4, -0.2) is 15.0 Å². The van der Waals surface area contributed by atoms with E-state index in [4.69, 9.17) is 4.74 Å². The molecule has 6 nitrogen and oxygen atoms in total. The molecule has 2 aromatic rings. The number of aromatic nitrogens is 1. The number of nitrogens with zero attached hydrogens (tertiary/aromatic N) is 2. The second-order valence-electron chi connectivity index (χ2n) is 4.02. The fourth-order valence-corrected chi connectivity index (χ4v) is 2.12. The van der Waals surface area contributed by atoms with E-state index in [1.54, 1.807) is 25.1 Å². The Bertz CT molecular complexity index is 646. The zero-order valence-electron chi connectivity index (χ0n) is 10.5. The molecular formula is C13H11BrN2O4. The normalized spacial score (nSPS) is 11.9. The zero-order chi connectivity index (χ0) is 14.7. The van der Waals surface area contributed by atoms with Gasteiger partial charge in [-0.05, 0) is 41.1 Å². The van der Waals surface area contributed by atoms with Gasteiger partial charge in [-0.1, -0.05) is 6.07 Å². The van der Waals surface area contributed by atoms with Crippen molar-refractivity contribution in [3.8, 4) is 11.6 Å². The number of pyridine rings is 1. The monoisotopic (exact) mass is 338 g/mol. The van der Waals surface area contributed by atoms with Gasteiger partial charge in [0.1, 0.15) is 4.47 Å². The number of halogens is 1. The van der Waals surface area contributed by atoms with Crippen molar-refractivity contribution in [1.82, 2.24) is 4.98 Å². The third-order valence-electron chi connectivity index (χ3n) is 2.60. The summed E-state index contributed by atoms with van der Waals surface area (Å²) in [6, 6.07) is 7.82. The molecule has 0 saturated heterocycles. The Hall–Kier alpha value is -1.99. The van der Waals surface area contributed by atoms with E-state index in [-0.39, 0.29) is 21.8 Å². The number of benzene rings is 1. The lowest BCUT2D eigenvalue weighted by atomic mass is 10.2. The minimum Gasteiger partial charge on any atom is -0.437 e. The smallest absolute Gasteiger partial charge is 0.287 e. The van der Waals surface area contributed by atoms with Crippen LogP contribution < -0.4 is 4.74 Å². The van der Waals surface area contributed by atoms with Crippen molar-refractivity contribution in [2.24, 2.45) is 0 Å².